The molecule has 5 aromatic rings. The van der Waals surface area contributed by atoms with E-state index in [1.165, 1.54) is 41.7 Å². The zero-order valence-corrected chi connectivity index (χ0v) is 16.6. The quantitative estimate of drug-likeness (QED) is 0.226. The molecule has 0 saturated carbocycles. The summed E-state index contributed by atoms with van der Waals surface area (Å²) >= 11 is 1.93. The molecule has 0 spiro atoms. The van der Waals surface area contributed by atoms with Crippen LogP contribution in [0.25, 0.3) is 41.7 Å². The number of fused-ring (bicyclic) bond motifs is 6. The van der Waals surface area contributed by atoms with Crippen molar-refractivity contribution in [1.29, 1.82) is 0 Å². The average molecular weight is 357 g/mol. The zero-order chi connectivity index (χ0) is 17.2. The second-order valence-corrected chi connectivity index (χ2v) is 14.1. The smallest absolute Gasteiger partial charge is 0.0776 e. The van der Waals surface area contributed by atoms with Gasteiger partial charge in [-0.3, -0.25) is 0 Å². The van der Waals surface area contributed by atoms with Crippen LogP contribution in [0.3, 0.4) is 0 Å². The molecule has 0 unspecified atom stereocenters. The van der Waals surface area contributed by atoms with Crippen LogP contribution in [-0.2, 0) is 0 Å². The summed E-state index contributed by atoms with van der Waals surface area (Å²) in [6, 6.07) is 25.1. The van der Waals surface area contributed by atoms with Crippen LogP contribution in [-0.4, -0.2) is 8.07 Å². The van der Waals surface area contributed by atoms with Crippen LogP contribution in [0.1, 0.15) is 0 Å². The Kier molecular flexibility index (Phi) is 3.12. The van der Waals surface area contributed by atoms with Gasteiger partial charge in [0.05, 0.1) is 8.07 Å². The first-order chi connectivity index (χ1) is 12.0. The minimum atomic E-state index is -1.30. The Labute approximate surface area is 152 Å². The maximum Gasteiger partial charge on any atom is 0.0776 e. The van der Waals surface area contributed by atoms with E-state index < -0.39 is 8.07 Å². The highest BCUT2D eigenvalue weighted by atomic mass is 32.1. The van der Waals surface area contributed by atoms with Crippen molar-refractivity contribution >= 4 is 66.3 Å². The highest BCUT2D eigenvalue weighted by Gasteiger charge is 2.18. The Morgan fingerprint density at radius 2 is 1.40 bits per heavy atom. The summed E-state index contributed by atoms with van der Waals surface area (Å²) in [5, 5.41) is 9.73. The van der Waals surface area contributed by atoms with E-state index in [4.69, 9.17) is 0 Å². The summed E-state index contributed by atoms with van der Waals surface area (Å²) in [6.45, 7) is 7.26. The van der Waals surface area contributed by atoms with Gasteiger partial charge in [-0.1, -0.05) is 73.4 Å². The fourth-order valence-electron chi connectivity index (χ4n) is 3.71. The number of benzene rings is 4. The lowest BCUT2D eigenvalue weighted by atomic mass is 10.0. The van der Waals surface area contributed by atoms with Gasteiger partial charge < -0.3 is 0 Å². The van der Waals surface area contributed by atoms with Crippen molar-refractivity contribution in [3.63, 3.8) is 0 Å². The van der Waals surface area contributed by atoms with E-state index in [1.54, 1.807) is 5.19 Å². The molecule has 25 heavy (non-hydrogen) atoms. The van der Waals surface area contributed by atoms with Crippen molar-refractivity contribution in [3.05, 3.63) is 66.7 Å². The van der Waals surface area contributed by atoms with Crippen molar-refractivity contribution in [2.75, 3.05) is 0 Å². The lowest BCUT2D eigenvalue weighted by Crippen LogP contribution is -2.37. The van der Waals surface area contributed by atoms with Crippen LogP contribution in [0, 0.1) is 0 Å². The number of thiophene rings is 1. The fourth-order valence-corrected chi connectivity index (χ4v) is 6.08. The Morgan fingerprint density at radius 1 is 0.640 bits per heavy atom. The maximum atomic E-state index is 2.45. The largest absolute Gasteiger partial charge is 0.135 e. The molecule has 0 bridgehead atoms. The summed E-state index contributed by atoms with van der Waals surface area (Å²) in [7, 11) is -1.30. The molecule has 2 heteroatoms. The molecule has 122 valence electrons. The summed E-state index contributed by atoms with van der Waals surface area (Å²) in [4.78, 5) is 0. The van der Waals surface area contributed by atoms with Crippen LogP contribution < -0.4 is 5.19 Å². The molecule has 0 aliphatic heterocycles. The molecule has 0 amide bonds. The lowest BCUT2D eigenvalue weighted by Gasteiger charge is -2.16. The Bertz CT molecular complexity index is 1270. The van der Waals surface area contributed by atoms with Crippen LogP contribution >= 0.6 is 11.3 Å². The van der Waals surface area contributed by atoms with E-state index in [-0.39, 0.29) is 0 Å². The molecule has 0 nitrogen and oxygen atoms in total. The third-order valence-electron chi connectivity index (χ3n) is 5.18. The monoisotopic (exact) mass is 356 g/mol. The van der Waals surface area contributed by atoms with Gasteiger partial charge in [-0.05, 0) is 34.4 Å². The number of rotatable bonds is 1. The minimum absolute atomic E-state index is 1.30. The molecule has 1 heterocycles. The molecule has 5 rings (SSSR count). The van der Waals surface area contributed by atoms with E-state index in [9.17, 15) is 0 Å². The second-order valence-electron chi connectivity index (χ2n) is 7.93. The normalized spacial score (nSPS) is 12.6. The summed E-state index contributed by atoms with van der Waals surface area (Å²) < 4.78 is 2.82. The molecule has 1 aromatic heterocycles. The van der Waals surface area contributed by atoms with Crippen molar-refractivity contribution in [1.82, 2.24) is 0 Å². The topological polar surface area (TPSA) is 0 Å². The molecule has 0 aliphatic carbocycles. The predicted octanol–water partition coefficient (Wildman–Crippen LogP) is 6.91. The molecule has 0 N–H and O–H groups in total. The molecule has 0 radical (unpaired) electrons. The van der Waals surface area contributed by atoms with Gasteiger partial charge in [-0.25, -0.2) is 0 Å². The van der Waals surface area contributed by atoms with Gasteiger partial charge >= 0.3 is 0 Å². The first-order valence-electron chi connectivity index (χ1n) is 8.79. The lowest BCUT2D eigenvalue weighted by molar-refractivity contribution is 1.73. The maximum absolute atomic E-state index is 2.45. The van der Waals surface area contributed by atoms with Crippen molar-refractivity contribution in [3.8, 4) is 0 Å². The second kappa shape index (κ2) is 5.17. The first kappa shape index (κ1) is 15.1. The van der Waals surface area contributed by atoms with E-state index >= 15 is 0 Å². The molecule has 0 saturated heterocycles. The third kappa shape index (κ3) is 2.32. The van der Waals surface area contributed by atoms with Gasteiger partial charge in [0.2, 0.25) is 0 Å². The Hall–Kier alpha value is -2.16. The number of hydrogen-bond donors (Lipinski definition) is 0. The average Bonchev–Trinajstić information content (AvgIpc) is 2.97. The van der Waals surface area contributed by atoms with E-state index in [1.807, 2.05) is 11.3 Å². The third-order valence-corrected chi connectivity index (χ3v) is 8.45. The van der Waals surface area contributed by atoms with Crippen LogP contribution in [0.4, 0.5) is 0 Å². The predicted molar refractivity (Wildman–Crippen MR) is 117 cm³/mol. The van der Waals surface area contributed by atoms with Gasteiger partial charge in [-0.2, -0.15) is 0 Å². The molecule has 4 aromatic carbocycles. The van der Waals surface area contributed by atoms with Crippen molar-refractivity contribution in [2.24, 2.45) is 0 Å². The fraction of sp³-hybridized carbons (Fsp3) is 0.130. The summed E-state index contributed by atoms with van der Waals surface area (Å²) in [6.07, 6.45) is 0. The van der Waals surface area contributed by atoms with Gasteiger partial charge in [0, 0.05) is 25.6 Å². The summed E-state index contributed by atoms with van der Waals surface area (Å²) in [5.41, 5.74) is 0. The Morgan fingerprint density at radius 3 is 2.16 bits per heavy atom. The molecule has 0 aliphatic rings. The van der Waals surface area contributed by atoms with E-state index in [0.29, 0.717) is 0 Å². The molecular weight excluding hydrogens is 336 g/mol. The van der Waals surface area contributed by atoms with Gasteiger partial charge in [0.25, 0.3) is 0 Å². The SMILES string of the molecule is C[Si](C)(C)c1ccc2sc3c4cc5ccccc5cc4ccc3c2c1. The van der Waals surface area contributed by atoms with Crippen molar-refractivity contribution < 1.29 is 0 Å². The van der Waals surface area contributed by atoms with Gasteiger partial charge in [0.15, 0.2) is 0 Å². The molecule has 0 atom stereocenters. The highest BCUT2D eigenvalue weighted by Crippen LogP contribution is 2.39. The van der Waals surface area contributed by atoms with Gasteiger partial charge in [-0.15, -0.1) is 11.3 Å². The van der Waals surface area contributed by atoms with Crippen molar-refractivity contribution in [2.45, 2.75) is 19.6 Å². The number of hydrogen-bond acceptors (Lipinski definition) is 1. The zero-order valence-electron chi connectivity index (χ0n) is 14.8. The van der Waals surface area contributed by atoms with E-state index in [2.05, 4.69) is 86.4 Å². The Balaban J connectivity index is 1.90. The van der Waals surface area contributed by atoms with Crippen LogP contribution in [0.5, 0.6) is 0 Å². The first-order valence-corrected chi connectivity index (χ1v) is 13.1. The molecular formula is C23H20SSi. The van der Waals surface area contributed by atoms with Crippen LogP contribution in [0.2, 0.25) is 19.6 Å². The van der Waals surface area contributed by atoms with Crippen LogP contribution in [0.15, 0.2) is 66.7 Å². The molecule has 0 fully saturated rings. The highest BCUT2D eigenvalue weighted by molar-refractivity contribution is 7.26. The standard InChI is InChI=1S/C23H20SSi/c1-25(2,3)18-9-11-22-21(14-18)19-10-8-17-12-15-6-4-5-7-16(15)13-20(17)23(19)24-22/h4-14H,1-3H3. The minimum Gasteiger partial charge on any atom is -0.135 e. The van der Waals surface area contributed by atoms with Gasteiger partial charge in [0.1, 0.15) is 0 Å². The van der Waals surface area contributed by atoms with E-state index in [0.717, 1.165) is 0 Å². The summed E-state index contributed by atoms with van der Waals surface area (Å²) in [5.74, 6) is 0.